The van der Waals surface area contributed by atoms with Crippen molar-refractivity contribution < 1.29 is 8.42 Å². The maximum atomic E-state index is 12.2. The van der Waals surface area contributed by atoms with Gasteiger partial charge in [0.1, 0.15) is 11.0 Å². The first-order chi connectivity index (χ1) is 9.44. The summed E-state index contributed by atoms with van der Waals surface area (Å²) in [5, 5.41) is 8.90. The maximum absolute atomic E-state index is 12.2. The van der Waals surface area contributed by atoms with Crippen LogP contribution in [-0.4, -0.2) is 13.4 Å². The first-order valence-electron chi connectivity index (χ1n) is 5.37. The molecule has 0 aliphatic carbocycles. The lowest BCUT2D eigenvalue weighted by Gasteiger charge is -2.09. The molecule has 1 aromatic heterocycles. The van der Waals surface area contributed by atoms with Gasteiger partial charge in [0.2, 0.25) is 0 Å². The summed E-state index contributed by atoms with van der Waals surface area (Å²) < 4.78 is 27.5. The fourth-order valence-electron chi connectivity index (χ4n) is 1.51. The summed E-state index contributed by atoms with van der Waals surface area (Å²) in [7, 11) is -3.89. The highest BCUT2D eigenvalue weighted by Gasteiger charge is 2.19. The fourth-order valence-corrected chi connectivity index (χ4v) is 2.91. The Morgan fingerprint density at radius 1 is 1.35 bits per heavy atom. The summed E-state index contributed by atoms with van der Waals surface area (Å²) in [5.41, 5.74) is 6.23. The van der Waals surface area contributed by atoms with Crippen LogP contribution >= 0.6 is 15.9 Å². The van der Waals surface area contributed by atoms with E-state index in [9.17, 15) is 8.42 Å². The van der Waals surface area contributed by atoms with Crippen molar-refractivity contribution in [3.63, 3.8) is 0 Å². The second-order valence-corrected chi connectivity index (χ2v) is 6.31. The minimum atomic E-state index is -3.89. The number of nitrogen functional groups attached to an aromatic ring is 1. The highest BCUT2D eigenvalue weighted by atomic mass is 79.9. The van der Waals surface area contributed by atoms with Crippen molar-refractivity contribution in [1.82, 2.24) is 4.98 Å². The van der Waals surface area contributed by atoms with Crippen molar-refractivity contribution in [3.8, 4) is 6.07 Å². The molecule has 0 amide bonds. The summed E-state index contributed by atoms with van der Waals surface area (Å²) in [5.74, 6) is 0. The largest absolute Gasteiger partial charge is 0.398 e. The number of hydrogen-bond acceptors (Lipinski definition) is 5. The number of aromatic nitrogens is 1. The third kappa shape index (κ3) is 2.89. The van der Waals surface area contributed by atoms with Crippen molar-refractivity contribution >= 4 is 37.3 Å². The number of anilines is 2. The van der Waals surface area contributed by atoms with E-state index in [-0.39, 0.29) is 10.6 Å². The van der Waals surface area contributed by atoms with E-state index in [4.69, 9.17) is 11.0 Å². The summed E-state index contributed by atoms with van der Waals surface area (Å²) in [6.07, 6.45) is 1.36. The van der Waals surface area contributed by atoms with Gasteiger partial charge in [-0.15, -0.1) is 0 Å². The van der Waals surface area contributed by atoms with E-state index in [2.05, 4.69) is 25.6 Å². The van der Waals surface area contributed by atoms with E-state index in [1.165, 1.54) is 24.4 Å². The topological polar surface area (TPSA) is 109 Å². The molecule has 0 fully saturated rings. The molecule has 0 radical (unpaired) electrons. The van der Waals surface area contributed by atoms with Crippen LogP contribution in [0, 0.1) is 11.3 Å². The van der Waals surface area contributed by atoms with Gasteiger partial charge in [0.15, 0.2) is 5.69 Å². The number of nitrogens with two attached hydrogens (primary N) is 1. The van der Waals surface area contributed by atoms with Gasteiger partial charge in [0, 0.05) is 16.4 Å². The molecule has 8 heteroatoms. The zero-order valence-corrected chi connectivity index (χ0v) is 12.4. The van der Waals surface area contributed by atoms with Crippen LogP contribution in [0.2, 0.25) is 0 Å². The maximum Gasteiger partial charge on any atom is 0.264 e. The number of nitrogens with one attached hydrogen (secondary N) is 1. The van der Waals surface area contributed by atoms with Gasteiger partial charge >= 0.3 is 0 Å². The molecule has 6 nitrogen and oxygen atoms in total. The van der Waals surface area contributed by atoms with Crippen molar-refractivity contribution in [2.24, 2.45) is 0 Å². The number of nitrogens with zero attached hydrogens (tertiary/aromatic N) is 2. The van der Waals surface area contributed by atoms with E-state index in [0.29, 0.717) is 15.8 Å². The Kier molecular flexibility index (Phi) is 3.92. The van der Waals surface area contributed by atoms with Gasteiger partial charge < -0.3 is 5.73 Å². The van der Waals surface area contributed by atoms with Gasteiger partial charge in [-0.3, -0.25) is 4.72 Å². The van der Waals surface area contributed by atoms with E-state index in [1.54, 1.807) is 18.2 Å². The molecule has 1 heterocycles. The Morgan fingerprint density at radius 3 is 2.75 bits per heavy atom. The van der Waals surface area contributed by atoms with E-state index < -0.39 is 10.0 Å². The van der Waals surface area contributed by atoms with Crippen LogP contribution < -0.4 is 10.5 Å². The Balaban J connectivity index is 2.41. The Morgan fingerprint density at radius 2 is 2.10 bits per heavy atom. The molecule has 20 heavy (non-hydrogen) atoms. The summed E-state index contributed by atoms with van der Waals surface area (Å²) in [4.78, 5) is 3.55. The first kappa shape index (κ1) is 14.3. The second kappa shape index (κ2) is 5.48. The highest BCUT2D eigenvalue weighted by Crippen LogP contribution is 2.25. The molecular formula is C12H9BrN4O2S. The number of sulfonamides is 1. The Labute approximate surface area is 124 Å². The first-order valence-corrected chi connectivity index (χ1v) is 7.64. The SMILES string of the molecule is N#Cc1ncccc1S(=O)(=O)Nc1ccc(Br)c(N)c1. The highest BCUT2D eigenvalue weighted by molar-refractivity contribution is 9.10. The number of halogens is 1. The molecule has 2 aromatic rings. The fraction of sp³-hybridized carbons (Fsp3) is 0. The average Bonchev–Trinajstić information content (AvgIpc) is 2.42. The number of benzene rings is 1. The van der Waals surface area contributed by atoms with Gasteiger partial charge in [-0.2, -0.15) is 5.26 Å². The van der Waals surface area contributed by atoms with Gasteiger partial charge in [-0.25, -0.2) is 13.4 Å². The van der Waals surface area contributed by atoms with E-state index in [1.807, 2.05) is 0 Å². The summed E-state index contributed by atoms with van der Waals surface area (Å²) in [6, 6.07) is 9.17. The molecule has 0 aliphatic rings. The molecule has 0 spiro atoms. The lowest BCUT2D eigenvalue weighted by atomic mass is 10.3. The third-order valence-corrected chi connectivity index (χ3v) is 4.55. The molecule has 0 bridgehead atoms. The monoisotopic (exact) mass is 352 g/mol. The van der Waals surface area contributed by atoms with Crippen LogP contribution in [0.25, 0.3) is 0 Å². The molecule has 2 rings (SSSR count). The van der Waals surface area contributed by atoms with Crippen molar-refractivity contribution in [3.05, 3.63) is 46.7 Å². The number of pyridine rings is 1. The van der Waals surface area contributed by atoms with Crippen molar-refractivity contribution in [1.29, 1.82) is 5.26 Å². The molecule has 0 saturated heterocycles. The van der Waals surface area contributed by atoms with Gasteiger partial charge in [0.25, 0.3) is 10.0 Å². The van der Waals surface area contributed by atoms with Crippen molar-refractivity contribution in [2.75, 3.05) is 10.5 Å². The van der Waals surface area contributed by atoms with E-state index in [0.717, 1.165) is 0 Å². The molecule has 3 N–H and O–H groups in total. The lowest BCUT2D eigenvalue weighted by molar-refractivity contribution is 0.600. The predicted octanol–water partition coefficient (Wildman–Crippen LogP) is 2.10. The van der Waals surface area contributed by atoms with Crippen LogP contribution in [0.4, 0.5) is 11.4 Å². The normalized spacial score (nSPS) is 10.8. The number of nitriles is 1. The zero-order valence-electron chi connectivity index (χ0n) is 10.0. The molecule has 1 aromatic carbocycles. The zero-order chi connectivity index (χ0) is 14.8. The number of hydrogen-bond donors (Lipinski definition) is 2. The van der Waals surface area contributed by atoms with Gasteiger partial charge in [-0.1, -0.05) is 0 Å². The average molecular weight is 353 g/mol. The minimum absolute atomic E-state index is 0.162. The molecule has 0 unspecified atom stereocenters. The second-order valence-electron chi connectivity index (χ2n) is 3.80. The number of rotatable bonds is 3. The molecule has 0 aliphatic heterocycles. The molecule has 102 valence electrons. The molecule has 0 saturated carbocycles. The summed E-state index contributed by atoms with van der Waals surface area (Å²) >= 11 is 3.22. The molecular weight excluding hydrogens is 344 g/mol. The predicted molar refractivity (Wildman–Crippen MR) is 78.3 cm³/mol. The standard InChI is InChI=1S/C12H9BrN4O2S/c13-9-4-3-8(6-10(9)15)17-20(18,19)12-2-1-5-16-11(12)7-14/h1-6,17H,15H2. The van der Waals surface area contributed by atoms with Crippen LogP contribution in [0.5, 0.6) is 0 Å². The van der Waals surface area contributed by atoms with E-state index >= 15 is 0 Å². The van der Waals surface area contributed by atoms with Crippen molar-refractivity contribution in [2.45, 2.75) is 4.90 Å². The van der Waals surface area contributed by atoms with Crippen LogP contribution in [0.3, 0.4) is 0 Å². The molecule has 0 atom stereocenters. The van der Waals surface area contributed by atoms with Gasteiger partial charge in [-0.05, 0) is 46.3 Å². The smallest absolute Gasteiger partial charge is 0.264 e. The quantitative estimate of drug-likeness (QED) is 0.822. The minimum Gasteiger partial charge on any atom is -0.398 e. The Bertz CT molecular complexity index is 799. The van der Waals surface area contributed by atoms with Crippen LogP contribution in [-0.2, 0) is 10.0 Å². The Hall–Kier alpha value is -2.11. The summed E-state index contributed by atoms with van der Waals surface area (Å²) in [6.45, 7) is 0. The lowest BCUT2D eigenvalue weighted by Crippen LogP contribution is -2.15. The van der Waals surface area contributed by atoms with Gasteiger partial charge in [0.05, 0.1) is 5.69 Å². The third-order valence-electron chi connectivity index (χ3n) is 2.41. The van der Waals surface area contributed by atoms with Crippen LogP contribution in [0.15, 0.2) is 45.9 Å². The van der Waals surface area contributed by atoms with Crippen LogP contribution in [0.1, 0.15) is 5.69 Å².